The Morgan fingerprint density at radius 1 is 0.304 bits per heavy atom. The summed E-state index contributed by atoms with van der Waals surface area (Å²) in [6.07, 6.45) is 74.2. The predicted molar refractivity (Wildman–Crippen MR) is 297 cm³/mol. The van der Waals surface area contributed by atoms with E-state index in [1.165, 1.54) is 122 Å². The Labute approximate surface area is 426 Å². The summed E-state index contributed by atoms with van der Waals surface area (Å²) in [5, 5.41) is 0. The Hall–Kier alpha value is -3.41. The van der Waals surface area contributed by atoms with Gasteiger partial charge in [-0.2, -0.15) is 0 Å². The summed E-state index contributed by atoms with van der Waals surface area (Å²) in [6.45, 7) is 6.48. The van der Waals surface area contributed by atoms with Gasteiger partial charge in [-0.25, -0.2) is 0 Å². The number of hydrogen-bond donors (Lipinski definition) is 0. The summed E-state index contributed by atoms with van der Waals surface area (Å²) in [7, 11) is 0. The third-order valence-corrected chi connectivity index (χ3v) is 12.4. The van der Waals surface area contributed by atoms with Crippen molar-refractivity contribution in [3.63, 3.8) is 0 Å². The number of rotatable bonds is 52. The molecule has 0 spiro atoms. The van der Waals surface area contributed by atoms with Gasteiger partial charge in [-0.1, -0.05) is 228 Å². The maximum Gasteiger partial charge on any atom is 0.306 e. The Morgan fingerprint density at radius 3 is 0.884 bits per heavy atom. The maximum atomic E-state index is 12.9. The monoisotopic (exact) mass is 961 g/mol. The summed E-state index contributed by atoms with van der Waals surface area (Å²) in [6, 6.07) is 0. The van der Waals surface area contributed by atoms with Crippen molar-refractivity contribution in [2.75, 3.05) is 13.2 Å². The van der Waals surface area contributed by atoms with Gasteiger partial charge in [0.05, 0.1) is 0 Å². The van der Waals surface area contributed by atoms with E-state index in [4.69, 9.17) is 14.2 Å². The van der Waals surface area contributed by atoms with Crippen LogP contribution in [0.5, 0.6) is 0 Å². The average molecular weight is 962 g/mol. The lowest BCUT2D eigenvalue weighted by Gasteiger charge is -2.18. The molecule has 0 bridgehead atoms. The summed E-state index contributed by atoms with van der Waals surface area (Å²) in [4.78, 5) is 38.2. The molecular formula is C63H108O6. The lowest BCUT2D eigenvalue weighted by Crippen LogP contribution is -2.30. The van der Waals surface area contributed by atoms with Crippen LogP contribution in [-0.2, 0) is 28.6 Å². The lowest BCUT2D eigenvalue weighted by atomic mass is 10.1. The van der Waals surface area contributed by atoms with E-state index in [1.807, 2.05) is 0 Å². The third kappa shape index (κ3) is 55.4. The molecule has 1 atom stereocenters. The van der Waals surface area contributed by atoms with Gasteiger partial charge in [-0.3, -0.25) is 14.4 Å². The molecule has 396 valence electrons. The number of allylic oxidation sites excluding steroid dienone is 14. The third-order valence-electron chi connectivity index (χ3n) is 12.4. The fourth-order valence-corrected chi connectivity index (χ4v) is 7.99. The van der Waals surface area contributed by atoms with Crippen molar-refractivity contribution in [3.05, 3.63) is 85.1 Å². The van der Waals surface area contributed by atoms with E-state index in [9.17, 15) is 14.4 Å². The molecule has 0 radical (unpaired) electrons. The summed E-state index contributed by atoms with van der Waals surface area (Å²) >= 11 is 0. The highest BCUT2D eigenvalue weighted by molar-refractivity contribution is 5.71. The second-order valence-electron chi connectivity index (χ2n) is 19.2. The van der Waals surface area contributed by atoms with Crippen LogP contribution in [0, 0.1) is 0 Å². The number of ether oxygens (including phenoxy) is 3. The summed E-state index contributed by atoms with van der Waals surface area (Å²) < 4.78 is 16.9. The minimum Gasteiger partial charge on any atom is -0.462 e. The zero-order chi connectivity index (χ0) is 50.0. The van der Waals surface area contributed by atoms with Gasteiger partial charge in [-0.15, -0.1) is 0 Å². The Bertz CT molecular complexity index is 1330. The van der Waals surface area contributed by atoms with E-state index >= 15 is 0 Å². The van der Waals surface area contributed by atoms with Gasteiger partial charge < -0.3 is 14.2 Å². The molecule has 0 aliphatic heterocycles. The first-order valence-corrected chi connectivity index (χ1v) is 29.1. The first-order valence-electron chi connectivity index (χ1n) is 29.1. The standard InChI is InChI=1S/C63H108O6/c1-4-7-10-13-16-19-22-25-28-31-33-35-38-41-44-47-50-53-56-62(65)68-59-60(58-67-61(64)55-52-49-46-43-40-37-34-30-27-24-21-18-15-12-9-6-3)69-63(66)57-54-51-48-45-42-39-36-32-29-26-23-20-17-14-11-8-5-2/h8,11,17,19-22,24,26,28-31,34,60H,4-7,9-10,12-16,18,23,25,27,32-33,35-59H2,1-3H3/b11-8-,20-17-,22-19-,24-21-,29-26-,31-28-,34-30-. The largest absolute Gasteiger partial charge is 0.462 e. The van der Waals surface area contributed by atoms with Crippen molar-refractivity contribution in [1.82, 2.24) is 0 Å². The van der Waals surface area contributed by atoms with Crippen LogP contribution in [0.2, 0.25) is 0 Å². The van der Waals surface area contributed by atoms with Crippen LogP contribution in [0.25, 0.3) is 0 Å². The first-order chi connectivity index (χ1) is 34.0. The minimum absolute atomic E-state index is 0.0893. The van der Waals surface area contributed by atoms with Crippen LogP contribution < -0.4 is 0 Å². The Balaban J connectivity index is 4.44. The number of carbonyl (C=O) groups excluding carboxylic acids is 3. The molecule has 0 aromatic rings. The van der Waals surface area contributed by atoms with Gasteiger partial charge in [0.25, 0.3) is 0 Å². The zero-order valence-electron chi connectivity index (χ0n) is 45.3. The minimum atomic E-state index is -0.792. The van der Waals surface area contributed by atoms with Gasteiger partial charge >= 0.3 is 17.9 Å². The second kappa shape index (κ2) is 57.2. The van der Waals surface area contributed by atoms with Gasteiger partial charge in [0.15, 0.2) is 6.10 Å². The lowest BCUT2D eigenvalue weighted by molar-refractivity contribution is -0.167. The van der Waals surface area contributed by atoms with Crippen molar-refractivity contribution in [2.45, 2.75) is 284 Å². The SMILES string of the molecule is CC/C=C\C/C=C\C/C=C\CCCCCCCCCC(=O)OC(COC(=O)CCCCCCC/C=C\C/C=C\CCCCCC)COC(=O)CCCCCCCCC/C=C\C/C=C\CCCCCC. The molecule has 0 fully saturated rings. The molecule has 0 aliphatic rings. The van der Waals surface area contributed by atoms with Crippen LogP contribution >= 0.6 is 0 Å². The normalized spacial score (nSPS) is 12.7. The van der Waals surface area contributed by atoms with Gasteiger partial charge in [-0.05, 0) is 116 Å². The highest BCUT2D eigenvalue weighted by atomic mass is 16.6. The van der Waals surface area contributed by atoms with Crippen molar-refractivity contribution < 1.29 is 28.6 Å². The van der Waals surface area contributed by atoms with Crippen LogP contribution in [0.4, 0.5) is 0 Å². The van der Waals surface area contributed by atoms with E-state index in [0.717, 1.165) is 116 Å². The molecule has 0 heterocycles. The molecule has 0 aromatic heterocycles. The van der Waals surface area contributed by atoms with Crippen LogP contribution in [0.1, 0.15) is 278 Å². The molecule has 69 heavy (non-hydrogen) atoms. The molecule has 1 unspecified atom stereocenters. The molecule has 0 aromatic carbocycles. The number of carbonyl (C=O) groups is 3. The van der Waals surface area contributed by atoms with Gasteiger partial charge in [0.1, 0.15) is 13.2 Å². The van der Waals surface area contributed by atoms with E-state index in [-0.39, 0.29) is 31.1 Å². The molecule has 0 amide bonds. The van der Waals surface area contributed by atoms with Gasteiger partial charge in [0.2, 0.25) is 0 Å². The van der Waals surface area contributed by atoms with E-state index in [2.05, 4.69) is 106 Å². The highest BCUT2D eigenvalue weighted by Gasteiger charge is 2.19. The topological polar surface area (TPSA) is 78.9 Å². The average Bonchev–Trinajstić information content (AvgIpc) is 3.35. The molecule has 0 saturated heterocycles. The Kier molecular flexibility index (Phi) is 54.3. The van der Waals surface area contributed by atoms with Crippen LogP contribution in [0.3, 0.4) is 0 Å². The fraction of sp³-hybridized carbons (Fsp3) is 0.730. The molecule has 0 saturated carbocycles. The molecular weight excluding hydrogens is 853 g/mol. The van der Waals surface area contributed by atoms with Crippen LogP contribution in [0.15, 0.2) is 85.1 Å². The summed E-state index contributed by atoms with van der Waals surface area (Å²) in [5.41, 5.74) is 0. The number of unbranched alkanes of at least 4 members (excludes halogenated alkanes) is 27. The Morgan fingerprint density at radius 2 is 0.565 bits per heavy atom. The zero-order valence-corrected chi connectivity index (χ0v) is 45.3. The molecule has 6 nitrogen and oxygen atoms in total. The van der Waals surface area contributed by atoms with Gasteiger partial charge in [0, 0.05) is 19.3 Å². The number of esters is 3. The molecule has 0 aliphatic carbocycles. The first kappa shape index (κ1) is 65.6. The maximum absolute atomic E-state index is 12.9. The molecule has 6 heteroatoms. The molecule has 0 N–H and O–H groups in total. The summed E-state index contributed by atoms with van der Waals surface area (Å²) in [5.74, 6) is -0.914. The fourth-order valence-electron chi connectivity index (χ4n) is 7.99. The highest BCUT2D eigenvalue weighted by Crippen LogP contribution is 2.15. The second-order valence-corrected chi connectivity index (χ2v) is 19.2. The van der Waals surface area contributed by atoms with Crippen molar-refractivity contribution in [2.24, 2.45) is 0 Å². The molecule has 0 rings (SSSR count). The van der Waals surface area contributed by atoms with Crippen molar-refractivity contribution in [1.29, 1.82) is 0 Å². The van der Waals surface area contributed by atoms with E-state index in [0.29, 0.717) is 19.3 Å². The van der Waals surface area contributed by atoms with Crippen molar-refractivity contribution in [3.8, 4) is 0 Å². The quantitative estimate of drug-likeness (QED) is 0.0262. The van der Waals surface area contributed by atoms with E-state index < -0.39 is 6.10 Å². The smallest absolute Gasteiger partial charge is 0.306 e. The predicted octanol–water partition coefficient (Wildman–Crippen LogP) is 19.5. The van der Waals surface area contributed by atoms with Crippen LogP contribution in [-0.4, -0.2) is 37.2 Å². The van der Waals surface area contributed by atoms with Crippen molar-refractivity contribution >= 4 is 17.9 Å². The number of hydrogen-bond acceptors (Lipinski definition) is 6. The van der Waals surface area contributed by atoms with E-state index in [1.54, 1.807) is 0 Å².